The van der Waals surface area contributed by atoms with Crippen molar-refractivity contribution in [3.05, 3.63) is 40.0 Å². The van der Waals surface area contributed by atoms with Crippen LogP contribution in [0.15, 0.2) is 23.6 Å². The molecule has 0 aliphatic carbocycles. The van der Waals surface area contributed by atoms with Gasteiger partial charge in [-0.15, -0.1) is 11.3 Å². The summed E-state index contributed by atoms with van der Waals surface area (Å²) in [6.45, 7) is 9.94. The van der Waals surface area contributed by atoms with Gasteiger partial charge in [-0.1, -0.05) is 26.8 Å². The molecule has 1 fully saturated rings. The summed E-state index contributed by atoms with van der Waals surface area (Å²) in [7, 11) is 1.68. The fraction of sp³-hybridized carbons (Fsp3) is 0.550. The van der Waals surface area contributed by atoms with E-state index in [0.29, 0.717) is 13.2 Å². The molecule has 6 nitrogen and oxygen atoms in total. The van der Waals surface area contributed by atoms with E-state index in [1.165, 1.54) is 11.3 Å². The van der Waals surface area contributed by atoms with E-state index in [2.05, 4.69) is 30.7 Å². The van der Waals surface area contributed by atoms with Crippen molar-refractivity contribution in [2.75, 3.05) is 38.2 Å². The molecule has 27 heavy (non-hydrogen) atoms. The Bertz CT molecular complexity index is 771. The van der Waals surface area contributed by atoms with Crippen molar-refractivity contribution >= 4 is 23.1 Å². The molecule has 0 bridgehead atoms. The molecular weight excluding hydrogens is 360 g/mol. The van der Waals surface area contributed by atoms with Gasteiger partial charge in [0.2, 0.25) is 0 Å². The highest BCUT2D eigenvalue weighted by molar-refractivity contribution is 7.12. The van der Waals surface area contributed by atoms with Gasteiger partial charge in [-0.25, -0.2) is 9.97 Å². The average molecular weight is 389 g/mol. The summed E-state index contributed by atoms with van der Waals surface area (Å²) in [6, 6.07) is 5.83. The summed E-state index contributed by atoms with van der Waals surface area (Å²) in [5.74, 6) is 1.88. The van der Waals surface area contributed by atoms with E-state index in [0.717, 1.165) is 48.3 Å². The van der Waals surface area contributed by atoms with Crippen molar-refractivity contribution in [2.24, 2.45) is 0 Å². The van der Waals surface area contributed by atoms with E-state index in [1.54, 1.807) is 7.11 Å². The average Bonchev–Trinajstić information content (AvgIpc) is 3.05. The second-order valence-corrected chi connectivity index (χ2v) is 8.78. The highest BCUT2D eigenvalue weighted by Crippen LogP contribution is 2.24. The Balaban J connectivity index is 1.78. The van der Waals surface area contributed by atoms with Gasteiger partial charge in [0.05, 0.1) is 17.2 Å². The first-order valence-corrected chi connectivity index (χ1v) is 10.2. The minimum Gasteiger partial charge on any atom is -0.378 e. The minimum atomic E-state index is -0.133. The number of hydrogen-bond donors (Lipinski definition) is 0. The topological polar surface area (TPSA) is 58.6 Å². The van der Waals surface area contributed by atoms with Gasteiger partial charge in [0.25, 0.3) is 5.91 Å². The highest BCUT2D eigenvalue weighted by Gasteiger charge is 2.24. The number of carbonyl (C=O) groups excluding carboxylic acids is 1. The van der Waals surface area contributed by atoms with Crippen molar-refractivity contribution in [1.82, 2.24) is 14.9 Å². The smallest absolute Gasteiger partial charge is 0.263 e. The van der Waals surface area contributed by atoms with Crippen LogP contribution in [-0.4, -0.2) is 54.1 Å². The fourth-order valence-electron chi connectivity index (χ4n) is 3.11. The first-order valence-electron chi connectivity index (χ1n) is 9.33. The van der Waals surface area contributed by atoms with Gasteiger partial charge in [0, 0.05) is 44.8 Å². The Labute approximate surface area is 165 Å². The quantitative estimate of drug-likeness (QED) is 0.804. The van der Waals surface area contributed by atoms with Crippen LogP contribution < -0.4 is 4.90 Å². The van der Waals surface area contributed by atoms with Gasteiger partial charge < -0.3 is 14.5 Å². The van der Waals surface area contributed by atoms with E-state index < -0.39 is 0 Å². The zero-order valence-corrected chi connectivity index (χ0v) is 17.4. The van der Waals surface area contributed by atoms with Crippen LogP contribution in [0.25, 0.3) is 0 Å². The van der Waals surface area contributed by atoms with E-state index in [4.69, 9.17) is 9.72 Å². The Morgan fingerprint density at radius 3 is 2.70 bits per heavy atom. The molecule has 2 aromatic rings. The molecule has 0 spiro atoms. The number of anilines is 1. The molecule has 2 aromatic heterocycles. The number of nitrogens with zero attached hydrogens (tertiary/aromatic N) is 4. The Morgan fingerprint density at radius 1 is 1.22 bits per heavy atom. The number of hydrogen-bond acceptors (Lipinski definition) is 6. The molecule has 0 saturated carbocycles. The Kier molecular flexibility index (Phi) is 6.11. The third kappa shape index (κ3) is 4.84. The van der Waals surface area contributed by atoms with E-state index in [-0.39, 0.29) is 11.3 Å². The monoisotopic (exact) mass is 388 g/mol. The molecule has 146 valence electrons. The summed E-state index contributed by atoms with van der Waals surface area (Å²) >= 11 is 1.50. The molecule has 1 aliphatic heterocycles. The number of rotatable bonds is 4. The van der Waals surface area contributed by atoms with Crippen molar-refractivity contribution in [1.29, 1.82) is 0 Å². The zero-order valence-electron chi connectivity index (χ0n) is 16.6. The summed E-state index contributed by atoms with van der Waals surface area (Å²) in [4.78, 5) is 27.2. The lowest BCUT2D eigenvalue weighted by Gasteiger charge is -2.25. The van der Waals surface area contributed by atoms with Crippen LogP contribution in [0.2, 0.25) is 0 Å². The molecule has 0 unspecified atom stereocenters. The number of aromatic nitrogens is 2. The molecule has 1 saturated heterocycles. The predicted molar refractivity (Wildman–Crippen MR) is 108 cm³/mol. The molecular formula is C20H28N4O2S. The lowest BCUT2D eigenvalue weighted by molar-refractivity contribution is 0.0772. The van der Waals surface area contributed by atoms with Gasteiger partial charge in [-0.3, -0.25) is 4.79 Å². The predicted octanol–water partition coefficient (Wildman–Crippen LogP) is 3.33. The Morgan fingerprint density at radius 2 is 2.04 bits per heavy atom. The standard InChI is InChI=1S/C20H28N4O2S/c1-20(2,3)19-21-15(14-26-4)13-17(22-19)23-8-6-9-24(11-10-23)18(25)16-7-5-12-27-16/h5,7,12-13H,6,8-11,14H2,1-4H3. The molecule has 7 heteroatoms. The van der Waals surface area contributed by atoms with Crippen molar-refractivity contribution < 1.29 is 9.53 Å². The largest absolute Gasteiger partial charge is 0.378 e. The summed E-state index contributed by atoms with van der Waals surface area (Å²) in [6.07, 6.45) is 0.922. The van der Waals surface area contributed by atoms with E-state index >= 15 is 0 Å². The van der Waals surface area contributed by atoms with Gasteiger partial charge in [0.15, 0.2) is 0 Å². The Hall–Kier alpha value is -1.99. The van der Waals surface area contributed by atoms with Crippen molar-refractivity contribution in [3.63, 3.8) is 0 Å². The normalized spacial score (nSPS) is 15.7. The van der Waals surface area contributed by atoms with Gasteiger partial charge >= 0.3 is 0 Å². The third-order valence-corrected chi connectivity index (χ3v) is 5.43. The second-order valence-electron chi connectivity index (χ2n) is 7.83. The SMILES string of the molecule is COCc1cc(N2CCCN(C(=O)c3cccs3)CC2)nc(C(C)(C)C)n1. The second kappa shape index (κ2) is 8.35. The van der Waals surface area contributed by atoms with Crippen LogP contribution in [-0.2, 0) is 16.8 Å². The molecule has 0 atom stereocenters. The van der Waals surface area contributed by atoms with Crippen LogP contribution in [0.5, 0.6) is 0 Å². The molecule has 1 aliphatic rings. The number of thiophene rings is 1. The molecule has 0 N–H and O–H groups in total. The summed E-state index contributed by atoms with van der Waals surface area (Å²) < 4.78 is 5.29. The van der Waals surface area contributed by atoms with Crippen LogP contribution in [0.4, 0.5) is 5.82 Å². The zero-order chi connectivity index (χ0) is 19.4. The molecule has 3 rings (SSSR count). The summed E-state index contributed by atoms with van der Waals surface area (Å²) in [5, 5.41) is 1.95. The minimum absolute atomic E-state index is 0.130. The van der Waals surface area contributed by atoms with Crippen LogP contribution in [0.3, 0.4) is 0 Å². The number of ether oxygens (including phenoxy) is 1. The van der Waals surface area contributed by atoms with Gasteiger partial charge in [-0.2, -0.15) is 0 Å². The van der Waals surface area contributed by atoms with Gasteiger partial charge in [0.1, 0.15) is 11.6 Å². The first-order chi connectivity index (χ1) is 12.9. The fourth-order valence-corrected chi connectivity index (χ4v) is 3.80. The lowest BCUT2D eigenvalue weighted by atomic mass is 9.95. The first kappa shape index (κ1) is 19.8. The molecule has 3 heterocycles. The third-order valence-electron chi connectivity index (χ3n) is 4.57. The lowest BCUT2D eigenvalue weighted by Crippen LogP contribution is -2.35. The van der Waals surface area contributed by atoms with Crippen molar-refractivity contribution in [2.45, 2.75) is 39.2 Å². The van der Waals surface area contributed by atoms with Crippen LogP contribution >= 0.6 is 11.3 Å². The number of methoxy groups -OCH3 is 1. The van der Waals surface area contributed by atoms with Crippen LogP contribution in [0, 0.1) is 0 Å². The number of carbonyl (C=O) groups is 1. The highest BCUT2D eigenvalue weighted by atomic mass is 32.1. The van der Waals surface area contributed by atoms with E-state index in [9.17, 15) is 4.79 Å². The van der Waals surface area contributed by atoms with Crippen molar-refractivity contribution in [3.8, 4) is 0 Å². The van der Waals surface area contributed by atoms with E-state index in [1.807, 2.05) is 28.5 Å². The summed E-state index contributed by atoms with van der Waals surface area (Å²) in [5.41, 5.74) is 0.758. The maximum atomic E-state index is 12.7. The number of amides is 1. The van der Waals surface area contributed by atoms with Gasteiger partial charge in [-0.05, 0) is 17.9 Å². The molecule has 0 aromatic carbocycles. The maximum absolute atomic E-state index is 12.7. The van der Waals surface area contributed by atoms with Crippen LogP contribution in [0.1, 0.15) is 48.4 Å². The molecule has 0 radical (unpaired) electrons. The molecule has 1 amide bonds. The maximum Gasteiger partial charge on any atom is 0.263 e.